The van der Waals surface area contributed by atoms with E-state index in [0.29, 0.717) is 5.56 Å². The predicted octanol–water partition coefficient (Wildman–Crippen LogP) is -1.62. The number of phenols is 1. The Hall–Kier alpha value is -4.40. The molecule has 0 aliphatic rings. The summed E-state index contributed by atoms with van der Waals surface area (Å²) in [5, 5.41) is 35.4. The van der Waals surface area contributed by atoms with Gasteiger partial charge in [0.15, 0.2) is 5.96 Å². The molecular weight excluding hydrogens is 526 g/mol. The SMILES string of the molecule is CC(C)C(NC(=O)C(Cc1ccc(O)cc1)NC(=O)C(CCCN=C(N)N)NC(=O)C(N)CCC(=O)O)C(=O)O. The first-order chi connectivity index (χ1) is 18.7. The van der Waals surface area contributed by atoms with Crippen LogP contribution in [0.2, 0.25) is 0 Å². The zero-order chi connectivity index (χ0) is 30.4. The van der Waals surface area contributed by atoms with Crippen LogP contribution in [0.1, 0.15) is 45.1 Å². The summed E-state index contributed by atoms with van der Waals surface area (Å²) in [4.78, 5) is 65.4. The van der Waals surface area contributed by atoms with Crippen molar-refractivity contribution in [2.75, 3.05) is 6.54 Å². The predicted molar refractivity (Wildman–Crippen MR) is 145 cm³/mol. The number of nitrogens with one attached hydrogen (secondary N) is 3. The van der Waals surface area contributed by atoms with E-state index < -0.39 is 59.7 Å². The van der Waals surface area contributed by atoms with E-state index in [2.05, 4.69) is 20.9 Å². The highest BCUT2D eigenvalue weighted by Gasteiger charge is 2.31. The first kappa shape index (κ1) is 33.6. The lowest BCUT2D eigenvalue weighted by Gasteiger charge is -2.26. The van der Waals surface area contributed by atoms with Gasteiger partial charge in [-0.15, -0.1) is 0 Å². The Morgan fingerprint density at radius 3 is 1.98 bits per heavy atom. The Balaban J connectivity index is 3.18. The average molecular weight is 566 g/mol. The summed E-state index contributed by atoms with van der Waals surface area (Å²) in [5.74, 6) is -5.33. The zero-order valence-corrected chi connectivity index (χ0v) is 22.5. The second-order valence-corrected chi connectivity index (χ2v) is 9.55. The maximum Gasteiger partial charge on any atom is 0.326 e. The Bertz CT molecular complexity index is 1060. The first-order valence-electron chi connectivity index (χ1n) is 12.7. The van der Waals surface area contributed by atoms with E-state index in [1.54, 1.807) is 13.8 Å². The van der Waals surface area contributed by atoms with Gasteiger partial charge in [-0.25, -0.2) is 4.79 Å². The number of aromatic hydroxyl groups is 1. The van der Waals surface area contributed by atoms with Gasteiger partial charge in [-0.2, -0.15) is 0 Å². The number of carboxylic acids is 2. The molecule has 0 spiro atoms. The number of nitrogens with two attached hydrogens (primary N) is 3. The summed E-state index contributed by atoms with van der Waals surface area (Å²) in [6.45, 7) is 3.36. The van der Waals surface area contributed by atoms with Crippen molar-refractivity contribution >= 4 is 35.6 Å². The number of aliphatic imine (C=N–C) groups is 1. The highest BCUT2D eigenvalue weighted by atomic mass is 16.4. The van der Waals surface area contributed by atoms with Gasteiger partial charge in [0.1, 0.15) is 23.9 Å². The summed E-state index contributed by atoms with van der Waals surface area (Å²) < 4.78 is 0. The molecule has 0 bridgehead atoms. The summed E-state index contributed by atoms with van der Waals surface area (Å²) in [5.41, 5.74) is 17.0. The molecule has 40 heavy (non-hydrogen) atoms. The summed E-state index contributed by atoms with van der Waals surface area (Å²) in [7, 11) is 0. The second-order valence-electron chi connectivity index (χ2n) is 9.55. The molecule has 0 heterocycles. The van der Waals surface area contributed by atoms with Crippen LogP contribution in [0, 0.1) is 5.92 Å². The van der Waals surface area contributed by atoms with E-state index in [4.69, 9.17) is 22.3 Å². The van der Waals surface area contributed by atoms with Crippen molar-refractivity contribution in [1.82, 2.24) is 16.0 Å². The van der Waals surface area contributed by atoms with Crippen LogP contribution in [-0.4, -0.2) is 81.7 Å². The number of phenolic OH excluding ortho intramolecular Hbond substituents is 1. The van der Waals surface area contributed by atoms with Gasteiger partial charge < -0.3 is 48.5 Å². The molecule has 1 aromatic rings. The van der Waals surface area contributed by atoms with Crippen LogP contribution >= 0.6 is 0 Å². The standard InChI is InChI=1S/C25H39N7O8/c1-13(2)20(24(39)40)32-23(38)18(12-14-5-7-15(33)8-6-14)31-22(37)17(4-3-11-29-25(27)28)30-21(36)16(26)9-10-19(34)35/h5-8,13,16-18,20,33H,3-4,9-12,26H2,1-2H3,(H,30,36)(H,31,37)(H,32,38)(H,34,35)(H,39,40)(H4,27,28,29). The fourth-order valence-electron chi connectivity index (χ4n) is 3.58. The lowest BCUT2D eigenvalue weighted by Crippen LogP contribution is -2.58. The molecular formula is C25H39N7O8. The highest BCUT2D eigenvalue weighted by molar-refractivity contribution is 5.94. The minimum atomic E-state index is -1.25. The number of carbonyl (C=O) groups excluding carboxylic acids is 3. The van der Waals surface area contributed by atoms with Gasteiger partial charge >= 0.3 is 11.9 Å². The van der Waals surface area contributed by atoms with E-state index in [1.807, 2.05) is 0 Å². The van der Waals surface area contributed by atoms with Crippen LogP contribution in [0.4, 0.5) is 0 Å². The number of rotatable bonds is 17. The molecule has 4 unspecified atom stereocenters. The summed E-state index contributed by atoms with van der Waals surface area (Å²) in [6.07, 6.45) is -0.289. The molecule has 0 aromatic heterocycles. The van der Waals surface area contributed by atoms with Crippen molar-refractivity contribution in [2.24, 2.45) is 28.1 Å². The van der Waals surface area contributed by atoms with Gasteiger partial charge in [0.2, 0.25) is 17.7 Å². The Labute approximate surface area is 231 Å². The number of amides is 3. The van der Waals surface area contributed by atoms with Crippen molar-refractivity contribution < 1.29 is 39.3 Å². The number of guanidine groups is 1. The van der Waals surface area contributed by atoms with E-state index >= 15 is 0 Å². The van der Waals surface area contributed by atoms with Crippen molar-refractivity contribution in [2.45, 2.75) is 70.1 Å². The van der Waals surface area contributed by atoms with E-state index in [1.165, 1.54) is 24.3 Å². The maximum atomic E-state index is 13.3. The van der Waals surface area contributed by atoms with Crippen LogP contribution in [-0.2, 0) is 30.4 Å². The Morgan fingerprint density at radius 2 is 1.45 bits per heavy atom. The lowest BCUT2D eigenvalue weighted by atomic mass is 10.0. The first-order valence-corrected chi connectivity index (χ1v) is 12.7. The van der Waals surface area contributed by atoms with Gasteiger partial charge in [-0.3, -0.25) is 24.2 Å². The molecule has 4 atom stereocenters. The maximum absolute atomic E-state index is 13.3. The van der Waals surface area contributed by atoms with Crippen LogP contribution in [0.3, 0.4) is 0 Å². The molecule has 15 heteroatoms. The second kappa shape index (κ2) is 16.5. The normalized spacial score (nSPS) is 13.8. The third kappa shape index (κ3) is 12.4. The Kier molecular flexibility index (Phi) is 13.9. The fourth-order valence-corrected chi connectivity index (χ4v) is 3.58. The smallest absolute Gasteiger partial charge is 0.326 e. The van der Waals surface area contributed by atoms with Gasteiger partial charge in [0, 0.05) is 19.4 Å². The molecule has 0 aliphatic carbocycles. The topological polar surface area (TPSA) is 273 Å². The zero-order valence-electron chi connectivity index (χ0n) is 22.5. The van der Waals surface area contributed by atoms with Gasteiger partial charge in [0.05, 0.1) is 6.04 Å². The summed E-state index contributed by atoms with van der Waals surface area (Å²) >= 11 is 0. The molecule has 3 amide bonds. The number of hydrogen-bond donors (Lipinski definition) is 9. The molecule has 0 radical (unpaired) electrons. The third-order valence-electron chi connectivity index (χ3n) is 5.82. The lowest BCUT2D eigenvalue weighted by molar-refractivity contribution is -0.143. The molecule has 222 valence electrons. The van der Waals surface area contributed by atoms with Gasteiger partial charge in [0.25, 0.3) is 0 Å². The molecule has 1 rings (SSSR count). The van der Waals surface area contributed by atoms with Crippen LogP contribution < -0.4 is 33.2 Å². The monoisotopic (exact) mass is 565 g/mol. The van der Waals surface area contributed by atoms with E-state index in [-0.39, 0.29) is 50.4 Å². The molecule has 0 saturated carbocycles. The van der Waals surface area contributed by atoms with Crippen molar-refractivity contribution in [3.8, 4) is 5.75 Å². The van der Waals surface area contributed by atoms with Crippen LogP contribution in [0.5, 0.6) is 5.75 Å². The molecule has 1 aromatic carbocycles. The minimum absolute atomic E-state index is 0.0117. The molecule has 15 nitrogen and oxygen atoms in total. The molecule has 0 saturated heterocycles. The fraction of sp³-hybridized carbons (Fsp3) is 0.520. The van der Waals surface area contributed by atoms with Crippen LogP contribution in [0.15, 0.2) is 29.3 Å². The van der Waals surface area contributed by atoms with Crippen molar-refractivity contribution in [1.29, 1.82) is 0 Å². The largest absolute Gasteiger partial charge is 0.508 e. The average Bonchev–Trinajstić information content (AvgIpc) is 2.87. The van der Waals surface area contributed by atoms with E-state index in [0.717, 1.165) is 0 Å². The quantitative estimate of drug-likeness (QED) is 0.0587. The molecule has 0 fully saturated rings. The van der Waals surface area contributed by atoms with Gasteiger partial charge in [-0.05, 0) is 42.9 Å². The van der Waals surface area contributed by atoms with E-state index in [9.17, 15) is 34.2 Å². The number of aliphatic carboxylic acids is 2. The van der Waals surface area contributed by atoms with Crippen LogP contribution in [0.25, 0.3) is 0 Å². The highest BCUT2D eigenvalue weighted by Crippen LogP contribution is 2.13. The molecule has 0 aliphatic heterocycles. The third-order valence-corrected chi connectivity index (χ3v) is 5.82. The number of nitrogens with zero attached hydrogens (tertiary/aromatic N) is 1. The van der Waals surface area contributed by atoms with Crippen molar-refractivity contribution in [3.05, 3.63) is 29.8 Å². The number of hydrogen-bond acceptors (Lipinski definition) is 8. The minimum Gasteiger partial charge on any atom is -0.508 e. The number of carbonyl (C=O) groups is 5. The number of carboxylic acid groups (broad SMARTS) is 2. The Morgan fingerprint density at radius 1 is 0.875 bits per heavy atom. The van der Waals surface area contributed by atoms with Crippen molar-refractivity contribution in [3.63, 3.8) is 0 Å². The number of benzene rings is 1. The summed E-state index contributed by atoms with van der Waals surface area (Å²) in [6, 6.07) is 0.973. The van der Waals surface area contributed by atoms with Gasteiger partial charge in [-0.1, -0.05) is 26.0 Å². The molecule has 12 N–H and O–H groups in total.